The molecule has 0 saturated heterocycles. The van der Waals surface area contributed by atoms with E-state index < -0.39 is 0 Å². The molecule has 0 aliphatic carbocycles. The predicted octanol–water partition coefficient (Wildman–Crippen LogP) is 4.55. The van der Waals surface area contributed by atoms with Crippen LogP contribution in [-0.4, -0.2) is 6.26 Å². The van der Waals surface area contributed by atoms with E-state index in [1.807, 2.05) is 18.4 Å². The van der Waals surface area contributed by atoms with E-state index in [-0.39, 0.29) is 5.82 Å². The Balaban J connectivity index is 1.99. The van der Waals surface area contributed by atoms with Crippen LogP contribution in [0.25, 0.3) is 0 Å². The Morgan fingerprint density at radius 1 is 1.28 bits per heavy atom. The summed E-state index contributed by atoms with van der Waals surface area (Å²) in [5.74, 6) is 2.27. The van der Waals surface area contributed by atoms with Crippen LogP contribution in [-0.2, 0) is 12.3 Å². The van der Waals surface area contributed by atoms with Gasteiger partial charge in [0.2, 0.25) is 0 Å². The van der Waals surface area contributed by atoms with Gasteiger partial charge in [0, 0.05) is 0 Å². The van der Waals surface area contributed by atoms with Crippen molar-refractivity contribution < 1.29 is 8.81 Å². The quantitative estimate of drug-likeness (QED) is 0.872. The second kappa shape index (κ2) is 6.16. The highest BCUT2D eigenvalue weighted by atomic mass is 35.5. The molecule has 0 atom stereocenters. The maximum absolute atomic E-state index is 13.1. The van der Waals surface area contributed by atoms with E-state index in [0.717, 1.165) is 17.3 Å². The fourth-order valence-corrected chi connectivity index (χ4v) is 2.18. The van der Waals surface area contributed by atoms with Crippen molar-refractivity contribution in [1.82, 2.24) is 0 Å². The molecule has 18 heavy (non-hydrogen) atoms. The first-order valence-electron chi connectivity index (χ1n) is 5.44. The maximum atomic E-state index is 13.1. The van der Waals surface area contributed by atoms with Crippen molar-refractivity contribution in [1.29, 1.82) is 0 Å². The number of furan rings is 1. The van der Waals surface area contributed by atoms with Crippen LogP contribution in [0.4, 0.5) is 10.1 Å². The molecule has 96 valence electrons. The summed E-state index contributed by atoms with van der Waals surface area (Å²) in [6.45, 7) is 0.484. The molecule has 2 aromatic rings. The van der Waals surface area contributed by atoms with Gasteiger partial charge in [0.25, 0.3) is 0 Å². The van der Waals surface area contributed by atoms with Gasteiger partial charge in [-0.25, -0.2) is 4.39 Å². The molecule has 0 spiro atoms. The average Bonchev–Trinajstić information content (AvgIpc) is 2.79. The van der Waals surface area contributed by atoms with Crippen molar-refractivity contribution >= 4 is 29.1 Å². The standard InChI is InChI=1S/C13H13ClFNOS/c1-18-8-11-4-3-10(17-11)7-16-13-6-9(15)2-5-12(13)14/h2-6,16H,7-8H2,1H3. The van der Waals surface area contributed by atoms with Gasteiger partial charge in [-0.05, 0) is 36.6 Å². The Morgan fingerprint density at radius 2 is 2.06 bits per heavy atom. The highest BCUT2D eigenvalue weighted by Crippen LogP contribution is 2.23. The summed E-state index contributed by atoms with van der Waals surface area (Å²) in [6, 6.07) is 8.08. The molecule has 0 aliphatic rings. The van der Waals surface area contributed by atoms with Crippen molar-refractivity contribution in [3.05, 3.63) is 52.7 Å². The van der Waals surface area contributed by atoms with Gasteiger partial charge in [0.15, 0.2) is 0 Å². The smallest absolute Gasteiger partial charge is 0.125 e. The highest BCUT2D eigenvalue weighted by Gasteiger charge is 2.04. The zero-order chi connectivity index (χ0) is 13.0. The van der Waals surface area contributed by atoms with E-state index in [1.165, 1.54) is 18.2 Å². The van der Waals surface area contributed by atoms with Gasteiger partial charge < -0.3 is 9.73 Å². The number of hydrogen-bond donors (Lipinski definition) is 1. The summed E-state index contributed by atoms with van der Waals surface area (Å²) in [7, 11) is 0. The number of anilines is 1. The number of nitrogens with one attached hydrogen (secondary N) is 1. The minimum absolute atomic E-state index is 0.315. The lowest BCUT2D eigenvalue weighted by molar-refractivity contribution is 0.487. The second-order valence-corrected chi connectivity index (χ2v) is 5.05. The van der Waals surface area contributed by atoms with Gasteiger partial charge >= 0.3 is 0 Å². The number of benzene rings is 1. The third-order valence-corrected chi connectivity index (χ3v) is 3.29. The van der Waals surface area contributed by atoms with E-state index in [1.54, 1.807) is 11.8 Å². The Hall–Kier alpha value is -1.13. The lowest BCUT2D eigenvalue weighted by Crippen LogP contribution is -1.99. The Morgan fingerprint density at radius 3 is 2.83 bits per heavy atom. The van der Waals surface area contributed by atoms with Crippen molar-refractivity contribution in [2.75, 3.05) is 11.6 Å². The van der Waals surface area contributed by atoms with Gasteiger partial charge in [-0.15, -0.1) is 0 Å². The summed E-state index contributed by atoms with van der Waals surface area (Å²) >= 11 is 7.66. The van der Waals surface area contributed by atoms with Gasteiger partial charge in [-0.2, -0.15) is 11.8 Å². The molecule has 0 saturated carbocycles. The monoisotopic (exact) mass is 285 g/mol. The molecule has 0 fully saturated rings. The van der Waals surface area contributed by atoms with E-state index in [0.29, 0.717) is 17.3 Å². The molecule has 1 N–H and O–H groups in total. The minimum Gasteiger partial charge on any atom is -0.463 e. The molecule has 0 aliphatic heterocycles. The average molecular weight is 286 g/mol. The van der Waals surface area contributed by atoms with Gasteiger partial charge in [-0.1, -0.05) is 11.6 Å². The fourth-order valence-electron chi connectivity index (χ4n) is 1.55. The molecule has 0 unspecified atom stereocenters. The Labute approximate surface area is 115 Å². The third kappa shape index (κ3) is 3.43. The molecule has 1 aromatic carbocycles. The number of halogens is 2. The van der Waals surface area contributed by atoms with Crippen LogP contribution in [0.2, 0.25) is 5.02 Å². The molecule has 0 amide bonds. The molecule has 2 nitrogen and oxygen atoms in total. The maximum Gasteiger partial charge on any atom is 0.125 e. The largest absolute Gasteiger partial charge is 0.463 e. The van der Waals surface area contributed by atoms with E-state index in [4.69, 9.17) is 16.0 Å². The van der Waals surface area contributed by atoms with Gasteiger partial charge in [-0.3, -0.25) is 0 Å². The number of thioether (sulfide) groups is 1. The highest BCUT2D eigenvalue weighted by molar-refractivity contribution is 7.97. The Kier molecular flexibility index (Phi) is 4.55. The molecule has 2 rings (SSSR count). The molecular formula is C13H13ClFNOS. The lowest BCUT2D eigenvalue weighted by Gasteiger charge is -2.06. The van der Waals surface area contributed by atoms with Gasteiger partial charge in [0.05, 0.1) is 23.0 Å². The Bertz CT molecular complexity index is 529. The number of hydrogen-bond acceptors (Lipinski definition) is 3. The van der Waals surface area contributed by atoms with Crippen molar-refractivity contribution in [2.45, 2.75) is 12.3 Å². The van der Waals surface area contributed by atoms with E-state index >= 15 is 0 Å². The van der Waals surface area contributed by atoms with Crippen molar-refractivity contribution in [2.24, 2.45) is 0 Å². The SMILES string of the molecule is CSCc1ccc(CNc2cc(F)ccc2Cl)o1. The lowest BCUT2D eigenvalue weighted by atomic mass is 10.3. The first kappa shape index (κ1) is 13.3. The molecule has 5 heteroatoms. The zero-order valence-corrected chi connectivity index (χ0v) is 11.4. The second-order valence-electron chi connectivity index (χ2n) is 3.78. The van der Waals surface area contributed by atoms with Crippen LogP contribution in [0, 0.1) is 5.82 Å². The summed E-state index contributed by atoms with van der Waals surface area (Å²) in [4.78, 5) is 0. The summed E-state index contributed by atoms with van der Waals surface area (Å²) in [5, 5.41) is 3.55. The van der Waals surface area contributed by atoms with Crippen LogP contribution >= 0.6 is 23.4 Å². The van der Waals surface area contributed by atoms with Crippen LogP contribution in [0.1, 0.15) is 11.5 Å². The van der Waals surface area contributed by atoms with Crippen molar-refractivity contribution in [3.8, 4) is 0 Å². The van der Waals surface area contributed by atoms with Crippen LogP contribution in [0.3, 0.4) is 0 Å². The van der Waals surface area contributed by atoms with Crippen molar-refractivity contribution in [3.63, 3.8) is 0 Å². The summed E-state index contributed by atoms with van der Waals surface area (Å²) in [6.07, 6.45) is 2.02. The minimum atomic E-state index is -0.315. The van der Waals surface area contributed by atoms with Crippen LogP contribution in [0.5, 0.6) is 0 Å². The molecule has 0 bridgehead atoms. The fraction of sp³-hybridized carbons (Fsp3) is 0.231. The normalized spacial score (nSPS) is 10.6. The van der Waals surface area contributed by atoms with Crippen LogP contribution < -0.4 is 5.32 Å². The number of rotatable bonds is 5. The summed E-state index contributed by atoms with van der Waals surface area (Å²) in [5.41, 5.74) is 0.569. The van der Waals surface area contributed by atoms with Gasteiger partial charge in [0.1, 0.15) is 17.3 Å². The first-order valence-corrected chi connectivity index (χ1v) is 7.21. The third-order valence-electron chi connectivity index (χ3n) is 2.39. The molecule has 1 heterocycles. The van der Waals surface area contributed by atoms with Crippen LogP contribution in [0.15, 0.2) is 34.7 Å². The predicted molar refractivity (Wildman–Crippen MR) is 74.7 cm³/mol. The topological polar surface area (TPSA) is 25.2 Å². The zero-order valence-electron chi connectivity index (χ0n) is 9.87. The first-order chi connectivity index (χ1) is 8.69. The molecule has 0 radical (unpaired) electrons. The molecule has 1 aromatic heterocycles. The summed E-state index contributed by atoms with van der Waals surface area (Å²) < 4.78 is 18.6. The van der Waals surface area contributed by atoms with E-state index in [2.05, 4.69) is 5.32 Å². The van der Waals surface area contributed by atoms with E-state index in [9.17, 15) is 4.39 Å². The molecular weight excluding hydrogens is 273 g/mol.